The summed E-state index contributed by atoms with van der Waals surface area (Å²) in [5, 5.41) is 15.2. The van der Waals surface area contributed by atoms with E-state index in [1.165, 1.54) is 18.4 Å². The summed E-state index contributed by atoms with van der Waals surface area (Å²) in [6.07, 6.45) is -1.00. The molecule has 1 aromatic heterocycles. The van der Waals surface area contributed by atoms with Crippen molar-refractivity contribution in [2.75, 3.05) is 11.9 Å². The van der Waals surface area contributed by atoms with E-state index in [2.05, 4.69) is 15.0 Å². The Kier molecular flexibility index (Phi) is 4.98. The molecule has 0 atom stereocenters. The van der Waals surface area contributed by atoms with Crippen LogP contribution in [-0.2, 0) is 12.6 Å². The Morgan fingerprint density at radius 3 is 2.58 bits per heavy atom. The SMILES string of the molecule is O=C(Nc1ccc(C(F)(F)F)c(Cl)c1CC1(CO)CCC1)c1ccon1. The van der Waals surface area contributed by atoms with Crippen molar-refractivity contribution in [3.05, 3.63) is 46.3 Å². The fourth-order valence-corrected chi connectivity index (χ4v) is 3.43. The van der Waals surface area contributed by atoms with Crippen LogP contribution in [0.5, 0.6) is 0 Å². The maximum atomic E-state index is 13.2. The average Bonchev–Trinajstić information content (AvgIpc) is 3.06. The summed E-state index contributed by atoms with van der Waals surface area (Å²) in [5.74, 6) is -0.623. The van der Waals surface area contributed by atoms with Crippen LogP contribution < -0.4 is 5.32 Å². The van der Waals surface area contributed by atoms with Crippen LogP contribution in [0.2, 0.25) is 5.02 Å². The molecule has 1 aliphatic rings. The molecule has 3 rings (SSSR count). The van der Waals surface area contributed by atoms with Crippen molar-refractivity contribution in [3.63, 3.8) is 0 Å². The molecule has 1 aliphatic carbocycles. The maximum Gasteiger partial charge on any atom is 0.417 e. The van der Waals surface area contributed by atoms with E-state index in [-0.39, 0.29) is 30.0 Å². The van der Waals surface area contributed by atoms with E-state index in [0.29, 0.717) is 12.8 Å². The summed E-state index contributed by atoms with van der Waals surface area (Å²) in [6, 6.07) is 3.34. The maximum absolute atomic E-state index is 13.2. The molecule has 0 saturated heterocycles. The van der Waals surface area contributed by atoms with Crippen molar-refractivity contribution in [2.45, 2.75) is 31.9 Å². The van der Waals surface area contributed by atoms with E-state index in [1.807, 2.05) is 0 Å². The van der Waals surface area contributed by atoms with Crippen LogP contribution >= 0.6 is 11.6 Å². The minimum atomic E-state index is -4.62. The number of aromatic nitrogens is 1. The van der Waals surface area contributed by atoms with E-state index in [4.69, 9.17) is 11.6 Å². The largest absolute Gasteiger partial charge is 0.417 e. The van der Waals surface area contributed by atoms with Crippen LogP contribution in [0.3, 0.4) is 0 Å². The number of aliphatic hydroxyl groups is 1. The second kappa shape index (κ2) is 6.92. The fourth-order valence-electron chi connectivity index (χ4n) is 3.09. The predicted octanol–water partition coefficient (Wildman–Crippen LogP) is 4.30. The monoisotopic (exact) mass is 388 g/mol. The number of alkyl halides is 3. The molecule has 9 heteroatoms. The van der Waals surface area contributed by atoms with Crippen LogP contribution in [0.15, 0.2) is 29.0 Å². The van der Waals surface area contributed by atoms with Crippen molar-refractivity contribution >= 4 is 23.2 Å². The van der Waals surface area contributed by atoms with Gasteiger partial charge < -0.3 is 14.9 Å². The molecule has 140 valence electrons. The summed E-state index contributed by atoms with van der Waals surface area (Å²) in [7, 11) is 0. The molecule has 1 amide bonds. The lowest BCUT2D eigenvalue weighted by Crippen LogP contribution is -2.36. The minimum absolute atomic E-state index is 0.00696. The minimum Gasteiger partial charge on any atom is -0.396 e. The smallest absolute Gasteiger partial charge is 0.396 e. The Balaban J connectivity index is 1.99. The number of carbonyl (C=O) groups is 1. The summed E-state index contributed by atoms with van der Waals surface area (Å²) < 4.78 is 44.2. The quantitative estimate of drug-likeness (QED) is 0.800. The van der Waals surface area contributed by atoms with E-state index in [1.54, 1.807) is 0 Å². The van der Waals surface area contributed by atoms with Gasteiger partial charge in [0.25, 0.3) is 5.91 Å². The van der Waals surface area contributed by atoms with Gasteiger partial charge in [0.05, 0.1) is 10.6 Å². The highest BCUT2D eigenvalue weighted by Gasteiger charge is 2.40. The first kappa shape index (κ1) is 18.7. The lowest BCUT2D eigenvalue weighted by molar-refractivity contribution is -0.137. The Labute approximate surface area is 152 Å². The van der Waals surface area contributed by atoms with Gasteiger partial charge in [0, 0.05) is 18.4 Å². The van der Waals surface area contributed by atoms with Crippen LogP contribution in [0.1, 0.15) is 40.9 Å². The number of hydrogen-bond donors (Lipinski definition) is 2. The topological polar surface area (TPSA) is 75.4 Å². The predicted molar refractivity (Wildman–Crippen MR) is 88.0 cm³/mol. The van der Waals surface area contributed by atoms with Crippen molar-refractivity contribution < 1.29 is 27.6 Å². The van der Waals surface area contributed by atoms with Gasteiger partial charge in [-0.05, 0) is 42.4 Å². The van der Waals surface area contributed by atoms with E-state index in [9.17, 15) is 23.1 Å². The third-order valence-electron chi connectivity index (χ3n) is 4.77. The zero-order valence-electron chi connectivity index (χ0n) is 13.6. The molecule has 0 spiro atoms. The van der Waals surface area contributed by atoms with Gasteiger partial charge in [0.15, 0.2) is 5.69 Å². The molecule has 2 N–H and O–H groups in total. The van der Waals surface area contributed by atoms with Crippen molar-refractivity contribution in [1.29, 1.82) is 0 Å². The molecule has 2 aromatic rings. The highest BCUT2D eigenvalue weighted by atomic mass is 35.5. The number of aliphatic hydroxyl groups excluding tert-OH is 1. The molecule has 26 heavy (non-hydrogen) atoms. The van der Waals surface area contributed by atoms with Crippen LogP contribution in [0.4, 0.5) is 18.9 Å². The molecular formula is C17H16ClF3N2O3. The lowest BCUT2D eigenvalue weighted by atomic mass is 9.66. The molecule has 1 aromatic carbocycles. The first-order valence-electron chi connectivity index (χ1n) is 7.97. The molecule has 0 unspecified atom stereocenters. The molecule has 0 radical (unpaired) electrons. The fraction of sp³-hybridized carbons (Fsp3) is 0.412. The molecule has 1 fully saturated rings. The molecule has 0 aliphatic heterocycles. The summed E-state index contributed by atoms with van der Waals surface area (Å²) in [6.45, 7) is -0.157. The molecular weight excluding hydrogens is 373 g/mol. The first-order valence-corrected chi connectivity index (χ1v) is 8.35. The third-order valence-corrected chi connectivity index (χ3v) is 5.20. The van der Waals surface area contributed by atoms with Gasteiger partial charge >= 0.3 is 6.18 Å². The Bertz CT molecular complexity index is 797. The van der Waals surface area contributed by atoms with E-state index >= 15 is 0 Å². The summed E-state index contributed by atoms with van der Waals surface area (Å²) in [4.78, 5) is 12.2. The number of anilines is 1. The second-order valence-electron chi connectivity index (χ2n) is 6.48. The number of halogens is 4. The van der Waals surface area contributed by atoms with Gasteiger partial charge in [-0.25, -0.2) is 0 Å². The van der Waals surface area contributed by atoms with Crippen LogP contribution in [0, 0.1) is 5.41 Å². The van der Waals surface area contributed by atoms with Crippen LogP contribution in [-0.4, -0.2) is 22.8 Å². The molecule has 5 nitrogen and oxygen atoms in total. The average molecular weight is 389 g/mol. The Morgan fingerprint density at radius 2 is 2.08 bits per heavy atom. The number of amides is 1. The van der Waals surface area contributed by atoms with Crippen LogP contribution in [0.25, 0.3) is 0 Å². The van der Waals surface area contributed by atoms with Gasteiger partial charge in [-0.1, -0.05) is 23.2 Å². The van der Waals surface area contributed by atoms with Gasteiger partial charge in [0.1, 0.15) is 6.26 Å². The van der Waals surface area contributed by atoms with E-state index in [0.717, 1.165) is 12.5 Å². The normalized spacial score (nSPS) is 16.2. The number of carbonyl (C=O) groups excluding carboxylic acids is 1. The molecule has 1 saturated carbocycles. The number of rotatable bonds is 5. The molecule has 1 heterocycles. The highest BCUT2D eigenvalue weighted by Crippen LogP contribution is 2.47. The number of benzene rings is 1. The first-order chi connectivity index (χ1) is 12.3. The van der Waals surface area contributed by atoms with Gasteiger partial charge in [-0.2, -0.15) is 13.2 Å². The van der Waals surface area contributed by atoms with Gasteiger partial charge in [-0.3, -0.25) is 4.79 Å². The zero-order chi connectivity index (χ0) is 18.9. The Morgan fingerprint density at radius 1 is 1.35 bits per heavy atom. The Hall–Kier alpha value is -2.06. The summed E-state index contributed by atoms with van der Waals surface area (Å²) in [5.41, 5.74) is -1.17. The number of nitrogens with one attached hydrogen (secondary N) is 1. The number of hydrogen-bond acceptors (Lipinski definition) is 4. The van der Waals surface area contributed by atoms with Crippen molar-refractivity contribution in [1.82, 2.24) is 5.16 Å². The second-order valence-corrected chi connectivity index (χ2v) is 6.86. The summed E-state index contributed by atoms with van der Waals surface area (Å²) >= 11 is 6.06. The third kappa shape index (κ3) is 3.57. The van der Waals surface area contributed by atoms with E-state index < -0.39 is 28.1 Å². The van der Waals surface area contributed by atoms with Gasteiger partial charge in [0.2, 0.25) is 0 Å². The highest BCUT2D eigenvalue weighted by molar-refractivity contribution is 6.32. The zero-order valence-corrected chi connectivity index (χ0v) is 14.3. The standard InChI is InChI=1S/C17H16ClF3N2O3/c18-14-10(8-16(9-24)5-1-6-16)12(3-2-11(14)17(19,20)21)22-15(25)13-4-7-26-23-13/h2-4,7,24H,1,5-6,8-9H2,(H,22,25). The van der Waals surface area contributed by atoms with Crippen molar-refractivity contribution in [3.8, 4) is 0 Å². The lowest BCUT2D eigenvalue weighted by Gasteiger charge is -2.41. The number of nitrogens with zero attached hydrogens (tertiary/aromatic N) is 1. The van der Waals surface area contributed by atoms with Gasteiger partial charge in [-0.15, -0.1) is 0 Å². The van der Waals surface area contributed by atoms with Crippen molar-refractivity contribution in [2.24, 2.45) is 5.41 Å². The molecule has 0 bridgehead atoms.